The van der Waals surface area contributed by atoms with E-state index in [9.17, 15) is 4.79 Å². The molecule has 1 atom stereocenters. The first-order valence-corrected chi connectivity index (χ1v) is 13.9. The van der Waals surface area contributed by atoms with Crippen molar-refractivity contribution in [2.45, 2.75) is 51.4 Å². The SMILES string of the molecule is COc1cc(-c2[nH]c3ccc(C4CCCN(C(=O)C5CCN(C)CC5)C4)cc3c2C(C)C)cn2ncnc12. The van der Waals surface area contributed by atoms with Crippen molar-refractivity contribution in [3.63, 3.8) is 0 Å². The van der Waals surface area contributed by atoms with Crippen molar-refractivity contribution in [3.05, 3.63) is 47.9 Å². The number of aromatic amines is 1. The van der Waals surface area contributed by atoms with Crippen molar-refractivity contribution in [2.24, 2.45) is 5.92 Å². The number of pyridine rings is 1. The van der Waals surface area contributed by atoms with Crippen molar-refractivity contribution in [3.8, 4) is 17.0 Å². The lowest BCUT2D eigenvalue weighted by Gasteiger charge is -2.37. The van der Waals surface area contributed by atoms with Crippen molar-refractivity contribution in [1.82, 2.24) is 29.4 Å². The predicted molar refractivity (Wildman–Crippen MR) is 150 cm³/mol. The predicted octanol–water partition coefficient (Wildman–Crippen LogP) is 5.06. The minimum atomic E-state index is 0.187. The van der Waals surface area contributed by atoms with Gasteiger partial charge in [0.2, 0.25) is 5.91 Å². The zero-order chi connectivity index (χ0) is 26.4. The van der Waals surface area contributed by atoms with E-state index in [1.165, 1.54) is 16.5 Å². The second-order valence-corrected chi connectivity index (χ2v) is 11.4. The van der Waals surface area contributed by atoms with Gasteiger partial charge in [0, 0.05) is 47.6 Å². The number of carbonyl (C=O) groups excluding carboxylic acids is 1. The molecule has 5 heterocycles. The summed E-state index contributed by atoms with van der Waals surface area (Å²) in [5.74, 6) is 1.94. The van der Waals surface area contributed by atoms with E-state index in [0.29, 0.717) is 29.1 Å². The summed E-state index contributed by atoms with van der Waals surface area (Å²) in [5.41, 5.74) is 6.56. The number of methoxy groups -OCH3 is 1. The Bertz CT molecular complexity index is 1460. The highest BCUT2D eigenvalue weighted by atomic mass is 16.5. The van der Waals surface area contributed by atoms with Gasteiger partial charge in [-0.2, -0.15) is 5.10 Å². The first-order chi connectivity index (χ1) is 18.4. The highest BCUT2D eigenvalue weighted by Crippen LogP contribution is 2.39. The van der Waals surface area contributed by atoms with E-state index in [1.807, 2.05) is 12.3 Å². The lowest BCUT2D eigenvalue weighted by molar-refractivity contribution is -0.138. The van der Waals surface area contributed by atoms with Crippen LogP contribution in [0, 0.1) is 5.92 Å². The Balaban J connectivity index is 1.32. The number of piperidine rings is 2. The van der Waals surface area contributed by atoms with Crippen LogP contribution in [0.15, 0.2) is 36.8 Å². The quantitative estimate of drug-likeness (QED) is 0.403. The number of amides is 1. The van der Waals surface area contributed by atoms with E-state index >= 15 is 0 Å². The largest absolute Gasteiger partial charge is 0.493 e. The molecule has 1 amide bonds. The van der Waals surface area contributed by atoms with Crippen molar-refractivity contribution < 1.29 is 9.53 Å². The van der Waals surface area contributed by atoms with E-state index in [2.05, 4.69) is 64.0 Å². The minimum Gasteiger partial charge on any atom is -0.493 e. The highest BCUT2D eigenvalue weighted by molar-refractivity contribution is 5.92. The zero-order valence-electron chi connectivity index (χ0n) is 22.9. The van der Waals surface area contributed by atoms with Crippen molar-refractivity contribution >= 4 is 22.5 Å². The molecule has 2 aliphatic rings. The van der Waals surface area contributed by atoms with Crippen LogP contribution in [0.4, 0.5) is 0 Å². The van der Waals surface area contributed by atoms with E-state index < -0.39 is 0 Å². The van der Waals surface area contributed by atoms with Gasteiger partial charge in [-0.15, -0.1) is 0 Å². The normalized spacial score (nSPS) is 19.6. The lowest BCUT2D eigenvalue weighted by Crippen LogP contribution is -2.45. The number of carbonyl (C=O) groups is 1. The number of fused-ring (bicyclic) bond motifs is 2. The monoisotopic (exact) mass is 514 g/mol. The molecule has 0 spiro atoms. The third-order valence-electron chi connectivity index (χ3n) is 8.56. The fraction of sp³-hybridized carbons (Fsp3) is 0.500. The van der Waals surface area contributed by atoms with Gasteiger partial charge in [-0.25, -0.2) is 9.50 Å². The van der Waals surface area contributed by atoms with Gasteiger partial charge in [-0.05, 0) is 81.1 Å². The van der Waals surface area contributed by atoms with Crippen LogP contribution in [0.1, 0.15) is 62.5 Å². The highest BCUT2D eigenvalue weighted by Gasteiger charge is 2.31. The number of hydrogen-bond acceptors (Lipinski definition) is 5. The molecule has 2 aliphatic heterocycles. The molecule has 4 aromatic rings. The summed E-state index contributed by atoms with van der Waals surface area (Å²) in [6.07, 6.45) is 7.71. The molecule has 1 N–H and O–H groups in total. The molecule has 0 radical (unpaired) electrons. The first-order valence-electron chi connectivity index (χ1n) is 13.9. The molecule has 200 valence electrons. The standard InChI is InChI=1S/C30H38N6O2/c1-19(2)27-24-14-21(22-6-5-11-35(16-22)30(37)20-9-12-34(3)13-10-20)7-8-25(24)33-28(27)23-15-26(38-4)29-31-18-32-36(29)17-23/h7-8,14-15,17-20,22,33H,5-6,9-13,16H2,1-4H3. The third kappa shape index (κ3) is 4.45. The van der Waals surface area contributed by atoms with Crippen molar-refractivity contribution in [2.75, 3.05) is 40.3 Å². The number of nitrogens with zero attached hydrogens (tertiary/aromatic N) is 5. The van der Waals surface area contributed by atoms with Crippen LogP contribution < -0.4 is 4.74 Å². The second-order valence-electron chi connectivity index (χ2n) is 11.4. The Morgan fingerprint density at radius 2 is 1.95 bits per heavy atom. The van der Waals surface area contributed by atoms with Crippen LogP contribution in [0.2, 0.25) is 0 Å². The Morgan fingerprint density at radius 3 is 2.71 bits per heavy atom. The summed E-state index contributed by atoms with van der Waals surface area (Å²) in [6.45, 7) is 8.24. The molecule has 2 saturated heterocycles. The van der Waals surface area contributed by atoms with Gasteiger partial charge >= 0.3 is 0 Å². The van der Waals surface area contributed by atoms with Crippen LogP contribution >= 0.6 is 0 Å². The number of rotatable bonds is 5. The Kier molecular flexibility index (Phi) is 6.60. The molecule has 0 bridgehead atoms. The average molecular weight is 515 g/mol. The smallest absolute Gasteiger partial charge is 0.225 e. The second kappa shape index (κ2) is 10.1. The number of benzene rings is 1. The maximum absolute atomic E-state index is 13.4. The zero-order valence-corrected chi connectivity index (χ0v) is 22.9. The van der Waals surface area contributed by atoms with E-state index in [-0.39, 0.29) is 5.92 Å². The summed E-state index contributed by atoms with van der Waals surface area (Å²) >= 11 is 0. The van der Waals surface area contributed by atoms with E-state index in [1.54, 1.807) is 18.0 Å². The van der Waals surface area contributed by atoms with Gasteiger partial charge in [-0.3, -0.25) is 4.79 Å². The van der Waals surface area contributed by atoms with Crippen LogP contribution in [0.5, 0.6) is 5.75 Å². The molecule has 1 aromatic carbocycles. The average Bonchev–Trinajstić information content (AvgIpc) is 3.57. The summed E-state index contributed by atoms with van der Waals surface area (Å²) in [4.78, 5) is 25.9. The molecule has 1 unspecified atom stereocenters. The number of nitrogens with one attached hydrogen (secondary N) is 1. The van der Waals surface area contributed by atoms with Crippen molar-refractivity contribution in [1.29, 1.82) is 0 Å². The summed E-state index contributed by atoms with van der Waals surface area (Å²) in [5, 5.41) is 5.61. The fourth-order valence-corrected chi connectivity index (χ4v) is 6.46. The number of H-pyrrole nitrogens is 1. The molecule has 0 aliphatic carbocycles. The van der Waals surface area contributed by atoms with Gasteiger partial charge in [0.15, 0.2) is 11.4 Å². The molecule has 2 fully saturated rings. The number of ether oxygens (including phenoxy) is 1. The van der Waals surface area contributed by atoms with Gasteiger partial charge < -0.3 is 19.5 Å². The topological polar surface area (TPSA) is 78.8 Å². The first kappa shape index (κ1) is 24.9. The number of likely N-dealkylation sites (tertiary alicyclic amines) is 2. The molecular weight excluding hydrogens is 476 g/mol. The van der Waals surface area contributed by atoms with Crippen LogP contribution in [-0.4, -0.2) is 75.6 Å². The van der Waals surface area contributed by atoms with Crippen LogP contribution in [0.25, 0.3) is 27.8 Å². The van der Waals surface area contributed by atoms with Gasteiger partial charge in [0.25, 0.3) is 0 Å². The van der Waals surface area contributed by atoms with Gasteiger partial charge in [0.1, 0.15) is 6.33 Å². The number of aromatic nitrogens is 4. The van der Waals surface area contributed by atoms with Gasteiger partial charge in [0.05, 0.1) is 12.8 Å². The summed E-state index contributed by atoms with van der Waals surface area (Å²) < 4.78 is 7.40. The Morgan fingerprint density at radius 1 is 1.13 bits per heavy atom. The Hall–Kier alpha value is -3.39. The molecule has 3 aromatic heterocycles. The van der Waals surface area contributed by atoms with Gasteiger partial charge in [-0.1, -0.05) is 19.9 Å². The maximum Gasteiger partial charge on any atom is 0.225 e. The van der Waals surface area contributed by atoms with E-state index in [4.69, 9.17) is 4.74 Å². The maximum atomic E-state index is 13.4. The summed E-state index contributed by atoms with van der Waals surface area (Å²) in [7, 11) is 3.81. The van der Waals surface area contributed by atoms with Crippen LogP contribution in [-0.2, 0) is 4.79 Å². The lowest BCUT2D eigenvalue weighted by atomic mass is 9.87. The molecule has 0 saturated carbocycles. The third-order valence-corrected chi connectivity index (χ3v) is 8.56. The fourth-order valence-electron chi connectivity index (χ4n) is 6.46. The van der Waals surface area contributed by atoms with Crippen LogP contribution in [0.3, 0.4) is 0 Å². The van der Waals surface area contributed by atoms with E-state index in [0.717, 1.165) is 68.6 Å². The minimum absolute atomic E-state index is 0.187. The molecular formula is C30H38N6O2. The molecule has 6 rings (SSSR count). The molecule has 8 nitrogen and oxygen atoms in total. The summed E-state index contributed by atoms with van der Waals surface area (Å²) in [6, 6.07) is 8.87. The Labute approximate surface area is 224 Å². The number of hydrogen-bond donors (Lipinski definition) is 1. The molecule has 38 heavy (non-hydrogen) atoms. The molecule has 8 heteroatoms.